The Balaban J connectivity index is 2.13. The van der Waals surface area contributed by atoms with E-state index in [0.717, 1.165) is 25.7 Å². The first-order chi connectivity index (χ1) is 9.42. The lowest BCUT2D eigenvalue weighted by molar-refractivity contribution is 0.449. The van der Waals surface area contributed by atoms with Gasteiger partial charge in [-0.05, 0) is 42.9 Å². The zero-order valence-corrected chi connectivity index (χ0v) is 12.9. The lowest BCUT2D eigenvalue weighted by atomic mass is 10.0. The van der Waals surface area contributed by atoms with Crippen molar-refractivity contribution in [1.82, 2.24) is 4.72 Å². The van der Waals surface area contributed by atoms with E-state index in [0.29, 0.717) is 12.1 Å². The molecule has 0 unspecified atom stereocenters. The molecule has 6 heteroatoms. The molecule has 1 aliphatic carbocycles. The second-order valence-electron chi connectivity index (χ2n) is 5.33. The van der Waals surface area contributed by atoms with Crippen molar-refractivity contribution in [2.45, 2.75) is 37.5 Å². The summed E-state index contributed by atoms with van der Waals surface area (Å²) in [6.45, 7) is 2.56. The summed E-state index contributed by atoms with van der Waals surface area (Å²) in [5, 5.41) is 8.84. The smallest absolute Gasteiger partial charge is 0.211 e. The number of benzene rings is 1. The van der Waals surface area contributed by atoms with E-state index in [9.17, 15) is 8.42 Å². The minimum atomic E-state index is -3.62. The van der Waals surface area contributed by atoms with Crippen molar-refractivity contribution in [3.8, 4) is 6.07 Å². The van der Waals surface area contributed by atoms with Gasteiger partial charge in [0, 0.05) is 6.54 Å². The first-order valence-electron chi connectivity index (χ1n) is 6.62. The fourth-order valence-electron chi connectivity index (χ4n) is 2.34. The summed E-state index contributed by atoms with van der Waals surface area (Å²) < 4.78 is 27.2. The van der Waals surface area contributed by atoms with Gasteiger partial charge in [-0.1, -0.05) is 24.9 Å². The van der Waals surface area contributed by atoms with Crippen LogP contribution in [0.4, 0.5) is 0 Å². The van der Waals surface area contributed by atoms with Crippen molar-refractivity contribution in [2.24, 2.45) is 5.41 Å². The summed E-state index contributed by atoms with van der Waals surface area (Å²) >= 11 is 5.95. The van der Waals surface area contributed by atoms with Crippen molar-refractivity contribution < 1.29 is 8.42 Å². The Morgan fingerprint density at radius 1 is 1.45 bits per heavy atom. The second-order valence-corrected chi connectivity index (χ2v) is 7.47. The van der Waals surface area contributed by atoms with Crippen LogP contribution in [-0.4, -0.2) is 15.0 Å². The number of nitrogens with zero attached hydrogens (tertiary/aromatic N) is 1. The molecular weight excluding hydrogens is 296 g/mol. The zero-order chi connectivity index (χ0) is 14.8. The van der Waals surface area contributed by atoms with Crippen LogP contribution in [0.15, 0.2) is 23.1 Å². The van der Waals surface area contributed by atoms with E-state index in [1.807, 2.05) is 6.07 Å². The van der Waals surface area contributed by atoms with Crippen LogP contribution in [0, 0.1) is 16.7 Å². The van der Waals surface area contributed by atoms with E-state index < -0.39 is 10.0 Å². The van der Waals surface area contributed by atoms with Crippen LogP contribution in [0.3, 0.4) is 0 Å². The van der Waals surface area contributed by atoms with E-state index in [1.54, 1.807) is 0 Å². The Morgan fingerprint density at radius 3 is 2.65 bits per heavy atom. The van der Waals surface area contributed by atoms with Gasteiger partial charge < -0.3 is 0 Å². The predicted octanol–water partition coefficient (Wildman–Crippen LogP) is 3.07. The van der Waals surface area contributed by atoms with Crippen molar-refractivity contribution in [3.63, 3.8) is 0 Å². The largest absolute Gasteiger partial charge is 0.242 e. The molecule has 0 spiro atoms. The monoisotopic (exact) mass is 312 g/mol. The van der Waals surface area contributed by atoms with Crippen LogP contribution in [0.1, 0.15) is 38.2 Å². The quantitative estimate of drug-likeness (QED) is 0.877. The highest BCUT2D eigenvalue weighted by Crippen LogP contribution is 2.49. The Morgan fingerprint density at radius 2 is 2.15 bits per heavy atom. The molecule has 4 nitrogen and oxygen atoms in total. The van der Waals surface area contributed by atoms with Gasteiger partial charge in [0.1, 0.15) is 4.90 Å². The van der Waals surface area contributed by atoms with Gasteiger partial charge in [0.2, 0.25) is 10.0 Å². The second kappa shape index (κ2) is 5.72. The number of hydrogen-bond donors (Lipinski definition) is 1. The molecule has 0 heterocycles. The summed E-state index contributed by atoms with van der Waals surface area (Å²) in [5.41, 5.74) is 0.486. The van der Waals surface area contributed by atoms with Crippen LogP contribution in [-0.2, 0) is 10.0 Å². The molecule has 0 radical (unpaired) electrons. The van der Waals surface area contributed by atoms with Gasteiger partial charge in [-0.15, -0.1) is 0 Å². The van der Waals surface area contributed by atoms with E-state index in [-0.39, 0.29) is 15.3 Å². The number of nitriles is 1. The molecule has 108 valence electrons. The van der Waals surface area contributed by atoms with E-state index in [1.165, 1.54) is 18.2 Å². The van der Waals surface area contributed by atoms with Gasteiger partial charge in [0.05, 0.1) is 16.7 Å². The maximum atomic E-state index is 12.3. The van der Waals surface area contributed by atoms with Crippen LogP contribution >= 0.6 is 11.6 Å². The fourth-order valence-corrected chi connectivity index (χ4v) is 4.04. The lowest BCUT2D eigenvalue weighted by Crippen LogP contribution is -2.30. The van der Waals surface area contributed by atoms with Crippen molar-refractivity contribution >= 4 is 21.6 Å². The van der Waals surface area contributed by atoms with Crippen LogP contribution in [0.25, 0.3) is 0 Å². The van der Waals surface area contributed by atoms with Gasteiger partial charge in [-0.2, -0.15) is 5.26 Å². The number of halogens is 1. The maximum Gasteiger partial charge on any atom is 0.242 e. The van der Waals surface area contributed by atoms with Crippen molar-refractivity contribution in [2.75, 3.05) is 6.54 Å². The first kappa shape index (κ1) is 15.3. The molecule has 0 aliphatic heterocycles. The Labute approximate surface area is 124 Å². The Kier molecular flexibility index (Phi) is 4.38. The summed E-state index contributed by atoms with van der Waals surface area (Å²) in [7, 11) is -3.62. The normalized spacial score (nSPS) is 16.6. The van der Waals surface area contributed by atoms with Crippen molar-refractivity contribution in [3.05, 3.63) is 28.8 Å². The van der Waals surface area contributed by atoms with Crippen molar-refractivity contribution in [1.29, 1.82) is 5.26 Å². The molecule has 2 rings (SSSR count). The molecule has 0 amide bonds. The summed E-state index contributed by atoms with van der Waals surface area (Å²) in [6.07, 6.45) is 4.24. The maximum absolute atomic E-state index is 12.3. The van der Waals surface area contributed by atoms with E-state index >= 15 is 0 Å². The number of sulfonamides is 1. The molecule has 0 saturated heterocycles. The number of rotatable bonds is 6. The third-order valence-electron chi connectivity index (χ3n) is 3.73. The summed E-state index contributed by atoms with van der Waals surface area (Å²) in [6, 6.07) is 6.14. The molecular formula is C14H17ClN2O2S. The van der Waals surface area contributed by atoms with Gasteiger partial charge in [0.25, 0.3) is 0 Å². The van der Waals surface area contributed by atoms with Crippen LogP contribution < -0.4 is 4.72 Å². The number of nitrogens with one attached hydrogen (secondary N) is 1. The molecule has 1 aromatic carbocycles. The molecule has 1 fully saturated rings. The highest BCUT2D eigenvalue weighted by atomic mass is 35.5. The van der Waals surface area contributed by atoms with E-state index in [2.05, 4.69) is 11.6 Å². The molecule has 0 aromatic heterocycles. The molecule has 0 bridgehead atoms. The zero-order valence-electron chi connectivity index (χ0n) is 11.3. The highest BCUT2D eigenvalue weighted by molar-refractivity contribution is 7.89. The third-order valence-corrected chi connectivity index (χ3v) is 5.61. The SMILES string of the molecule is CCCC1(CNS(=O)(=O)c2ccc(C#N)cc2Cl)CC1. The minimum absolute atomic E-state index is 0.0328. The first-order valence-corrected chi connectivity index (χ1v) is 8.48. The third kappa shape index (κ3) is 3.32. The predicted molar refractivity (Wildman–Crippen MR) is 77.9 cm³/mol. The molecule has 1 aliphatic rings. The van der Waals surface area contributed by atoms with E-state index in [4.69, 9.17) is 16.9 Å². The van der Waals surface area contributed by atoms with Gasteiger partial charge >= 0.3 is 0 Å². The highest BCUT2D eigenvalue weighted by Gasteiger charge is 2.42. The lowest BCUT2D eigenvalue weighted by Gasteiger charge is -2.15. The topological polar surface area (TPSA) is 70.0 Å². The van der Waals surface area contributed by atoms with Crippen LogP contribution in [0.5, 0.6) is 0 Å². The van der Waals surface area contributed by atoms with Gasteiger partial charge in [0.15, 0.2) is 0 Å². The molecule has 1 saturated carbocycles. The Bertz CT molecular complexity index is 646. The molecule has 1 aromatic rings. The van der Waals surface area contributed by atoms with Gasteiger partial charge in [-0.25, -0.2) is 13.1 Å². The fraction of sp³-hybridized carbons (Fsp3) is 0.500. The minimum Gasteiger partial charge on any atom is -0.211 e. The van der Waals surface area contributed by atoms with Gasteiger partial charge in [-0.3, -0.25) is 0 Å². The average molecular weight is 313 g/mol. The average Bonchev–Trinajstić information content (AvgIpc) is 3.17. The Hall–Kier alpha value is -1.09. The number of hydrogen-bond acceptors (Lipinski definition) is 3. The van der Waals surface area contributed by atoms with Crippen LogP contribution in [0.2, 0.25) is 5.02 Å². The molecule has 20 heavy (non-hydrogen) atoms. The summed E-state index contributed by atoms with van der Waals surface area (Å²) in [5.74, 6) is 0. The summed E-state index contributed by atoms with van der Waals surface area (Å²) in [4.78, 5) is 0.0328. The molecule has 1 N–H and O–H groups in total. The molecule has 0 atom stereocenters. The standard InChI is InChI=1S/C14H17ClN2O2S/c1-2-5-14(6-7-14)10-17-20(18,19)13-4-3-11(9-16)8-12(13)15/h3-4,8,17H,2,5-7,10H2,1H3.